The van der Waals surface area contributed by atoms with Crippen molar-refractivity contribution in [2.75, 3.05) is 0 Å². The van der Waals surface area contributed by atoms with E-state index >= 15 is 4.39 Å². The van der Waals surface area contributed by atoms with Gasteiger partial charge in [-0.25, -0.2) is 19.3 Å². The molecule has 0 amide bonds. The van der Waals surface area contributed by atoms with Crippen LogP contribution in [0.1, 0.15) is 0 Å². The summed E-state index contributed by atoms with van der Waals surface area (Å²) in [7, 11) is 0. The maximum Gasteiger partial charge on any atom is 0.164 e. The van der Waals surface area contributed by atoms with E-state index in [0.29, 0.717) is 34.2 Å². The highest BCUT2D eigenvalue weighted by Gasteiger charge is 2.21. The molecule has 0 aliphatic rings. The Kier molecular flexibility index (Phi) is 7.60. The number of hydrogen-bond donors (Lipinski definition) is 0. The minimum atomic E-state index is -0.318. The molecule has 6 heteroatoms. The quantitative estimate of drug-likeness (QED) is 0.171. The van der Waals surface area contributed by atoms with E-state index in [-0.39, 0.29) is 5.82 Å². The molecular weight excluding hydrogens is 702 g/mol. The van der Waals surface area contributed by atoms with Gasteiger partial charge in [0.15, 0.2) is 17.5 Å². The molecule has 0 saturated heterocycles. The highest BCUT2D eigenvalue weighted by Crippen LogP contribution is 2.40. The Bertz CT molecular complexity index is 3200. The lowest BCUT2D eigenvalue weighted by atomic mass is 9.97. The number of halogens is 1. The minimum absolute atomic E-state index is 0.318. The van der Waals surface area contributed by atoms with E-state index in [1.165, 1.54) is 16.8 Å². The normalized spacial score (nSPS) is 11.6. The van der Waals surface area contributed by atoms with Crippen molar-refractivity contribution >= 4 is 43.6 Å². The number of rotatable bonds is 6. The molecule has 0 bridgehead atoms. The summed E-state index contributed by atoms with van der Waals surface area (Å²) in [6, 6.07) is 65.2. The average molecular weight is 734 g/mol. The van der Waals surface area contributed by atoms with Crippen molar-refractivity contribution < 1.29 is 4.39 Å². The van der Waals surface area contributed by atoms with Gasteiger partial charge in [-0.3, -0.25) is 0 Å². The Labute approximate surface area is 327 Å². The van der Waals surface area contributed by atoms with Crippen LogP contribution < -0.4 is 0 Å². The first-order chi connectivity index (χ1) is 28.2. The smallest absolute Gasteiger partial charge is 0.164 e. The van der Waals surface area contributed by atoms with Crippen LogP contribution in [0.15, 0.2) is 194 Å². The molecular formula is C51H32FN5. The second-order valence-corrected chi connectivity index (χ2v) is 14.2. The predicted molar refractivity (Wildman–Crippen MR) is 230 cm³/mol. The Balaban J connectivity index is 1.16. The Hall–Kier alpha value is -7.70. The van der Waals surface area contributed by atoms with Gasteiger partial charge in [-0.2, -0.15) is 0 Å². The fourth-order valence-corrected chi connectivity index (χ4v) is 8.28. The van der Waals surface area contributed by atoms with Gasteiger partial charge in [-0.1, -0.05) is 140 Å². The molecule has 0 fully saturated rings. The number of benzene rings is 8. The van der Waals surface area contributed by atoms with Gasteiger partial charge >= 0.3 is 0 Å². The minimum Gasteiger partial charge on any atom is -0.309 e. The summed E-state index contributed by atoms with van der Waals surface area (Å²) >= 11 is 0. The van der Waals surface area contributed by atoms with E-state index in [4.69, 9.17) is 15.0 Å². The summed E-state index contributed by atoms with van der Waals surface area (Å²) < 4.78 is 20.4. The first kappa shape index (κ1) is 32.7. The zero-order valence-electron chi connectivity index (χ0n) is 30.6. The van der Waals surface area contributed by atoms with Gasteiger partial charge in [0.1, 0.15) is 5.82 Å². The zero-order valence-corrected chi connectivity index (χ0v) is 30.6. The van der Waals surface area contributed by atoms with Gasteiger partial charge in [0.25, 0.3) is 0 Å². The molecule has 0 N–H and O–H groups in total. The largest absolute Gasteiger partial charge is 0.309 e. The van der Waals surface area contributed by atoms with Crippen LogP contribution in [0, 0.1) is 5.82 Å². The Morgan fingerprint density at radius 1 is 0.316 bits per heavy atom. The number of fused-ring (bicyclic) bond motifs is 6. The molecule has 5 nitrogen and oxygen atoms in total. The van der Waals surface area contributed by atoms with Crippen molar-refractivity contribution in [1.82, 2.24) is 24.1 Å². The summed E-state index contributed by atoms with van der Waals surface area (Å²) in [6.45, 7) is 0. The first-order valence-corrected chi connectivity index (χ1v) is 19.0. The zero-order chi connectivity index (χ0) is 37.9. The molecule has 57 heavy (non-hydrogen) atoms. The SMILES string of the molecule is Fc1ccccc1-c1ccc(-n2c3ccccc3c3cc(-n4c5ccccc5c5ccccc54)ccc32)cc1-c1nc(-c2ccccc2)nc(-c2ccccc2)n1. The maximum atomic E-state index is 15.7. The van der Waals surface area contributed by atoms with E-state index < -0.39 is 0 Å². The molecule has 0 radical (unpaired) electrons. The molecule has 0 saturated carbocycles. The van der Waals surface area contributed by atoms with Crippen molar-refractivity contribution in [1.29, 1.82) is 0 Å². The van der Waals surface area contributed by atoms with Crippen LogP contribution in [0.25, 0.3) is 100 Å². The number of aromatic nitrogens is 5. The molecule has 0 aliphatic heterocycles. The lowest BCUT2D eigenvalue weighted by Crippen LogP contribution is -2.03. The van der Waals surface area contributed by atoms with Crippen LogP contribution in [0.2, 0.25) is 0 Å². The molecule has 0 unspecified atom stereocenters. The predicted octanol–water partition coefficient (Wildman–Crippen LogP) is 12.9. The second kappa shape index (κ2) is 13.3. The summed E-state index contributed by atoms with van der Waals surface area (Å²) in [6.07, 6.45) is 0. The van der Waals surface area contributed by atoms with Gasteiger partial charge in [0.2, 0.25) is 0 Å². The monoisotopic (exact) mass is 733 g/mol. The Morgan fingerprint density at radius 3 is 1.33 bits per heavy atom. The third-order valence-electron chi connectivity index (χ3n) is 10.9. The molecule has 8 aromatic carbocycles. The van der Waals surface area contributed by atoms with Gasteiger partial charge < -0.3 is 9.13 Å². The summed E-state index contributed by atoms with van der Waals surface area (Å²) in [4.78, 5) is 15.1. The summed E-state index contributed by atoms with van der Waals surface area (Å²) in [5.41, 5.74) is 10.0. The van der Waals surface area contributed by atoms with Gasteiger partial charge in [-0.15, -0.1) is 0 Å². The van der Waals surface area contributed by atoms with Crippen molar-refractivity contribution in [3.8, 4) is 56.7 Å². The second-order valence-electron chi connectivity index (χ2n) is 14.2. The van der Waals surface area contributed by atoms with Crippen molar-refractivity contribution in [2.45, 2.75) is 0 Å². The van der Waals surface area contributed by atoms with Gasteiger partial charge in [0, 0.05) is 55.2 Å². The van der Waals surface area contributed by atoms with Crippen molar-refractivity contribution in [2.24, 2.45) is 0 Å². The van der Waals surface area contributed by atoms with E-state index in [0.717, 1.165) is 55.3 Å². The third-order valence-corrected chi connectivity index (χ3v) is 10.9. The highest BCUT2D eigenvalue weighted by molar-refractivity contribution is 6.12. The van der Waals surface area contributed by atoms with Crippen LogP contribution in [0.4, 0.5) is 4.39 Å². The standard InChI is InChI=1S/C51H32FN5/c52-44-23-11-7-19-38(44)37-29-27-35(32-43(37)51-54-49(33-15-3-1-4-16-33)53-50(55-51)34-17-5-2-6-18-34)57-47-26-14-10-22-41(47)42-31-36(28-30-48(42)57)56-45-24-12-8-20-39(45)40-21-9-13-25-46(40)56/h1-32H. The van der Waals surface area contributed by atoms with Crippen molar-refractivity contribution in [3.63, 3.8) is 0 Å². The van der Waals surface area contributed by atoms with Crippen molar-refractivity contribution in [3.05, 3.63) is 200 Å². The van der Waals surface area contributed by atoms with Crippen LogP contribution in [-0.4, -0.2) is 24.1 Å². The molecule has 0 spiro atoms. The topological polar surface area (TPSA) is 48.5 Å². The molecule has 3 aromatic heterocycles. The fraction of sp³-hybridized carbons (Fsp3) is 0. The van der Waals surface area contributed by atoms with E-state index in [1.807, 2.05) is 78.9 Å². The molecule has 0 atom stereocenters. The molecule has 11 aromatic rings. The molecule has 3 heterocycles. The maximum absolute atomic E-state index is 15.7. The van der Waals surface area contributed by atoms with Gasteiger partial charge in [0.05, 0.1) is 22.1 Å². The van der Waals surface area contributed by atoms with Crippen LogP contribution in [0.5, 0.6) is 0 Å². The average Bonchev–Trinajstić information content (AvgIpc) is 3.79. The number of para-hydroxylation sites is 3. The Morgan fingerprint density at radius 2 is 0.754 bits per heavy atom. The first-order valence-electron chi connectivity index (χ1n) is 19.0. The van der Waals surface area contributed by atoms with Crippen LogP contribution in [-0.2, 0) is 0 Å². The fourth-order valence-electron chi connectivity index (χ4n) is 8.28. The number of nitrogens with zero attached hydrogens (tertiary/aromatic N) is 5. The van der Waals surface area contributed by atoms with Crippen LogP contribution in [0.3, 0.4) is 0 Å². The van der Waals surface area contributed by atoms with E-state index in [9.17, 15) is 0 Å². The summed E-state index contributed by atoms with van der Waals surface area (Å²) in [5.74, 6) is 1.22. The highest BCUT2D eigenvalue weighted by atomic mass is 19.1. The third kappa shape index (κ3) is 5.41. The van der Waals surface area contributed by atoms with E-state index in [1.54, 1.807) is 6.07 Å². The lowest BCUT2D eigenvalue weighted by Gasteiger charge is -2.16. The van der Waals surface area contributed by atoms with E-state index in [2.05, 4.69) is 112 Å². The molecule has 268 valence electrons. The number of hydrogen-bond acceptors (Lipinski definition) is 3. The lowest BCUT2D eigenvalue weighted by molar-refractivity contribution is 0.631. The van der Waals surface area contributed by atoms with Gasteiger partial charge in [-0.05, 0) is 60.2 Å². The van der Waals surface area contributed by atoms with Crippen LogP contribution >= 0.6 is 0 Å². The molecule has 0 aliphatic carbocycles. The molecule has 11 rings (SSSR count). The summed E-state index contributed by atoms with van der Waals surface area (Å²) in [5, 5.41) is 4.71.